The van der Waals surface area contributed by atoms with Gasteiger partial charge in [-0.25, -0.2) is 9.79 Å². The van der Waals surface area contributed by atoms with Gasteiger partial charge < -0.3 is 14.4 Å². The average molecular weight is 552 g/mol. The Morgan fingerprint density at radius 2 is 1.84 bits per heavy atom. The molecule has 0 fully saturated rings. The first-order valence-electron chi connectivity index (χ1n) is 12.3. The maximum absolute atomic E-state index is 14.1. The zero-order valence-electron chi connectivity index (χ0n) is 21.2. The van der Waals surface area contributed by atoms with Crippen LogP contribution in [-0.2, 0) is 19.1 Å². The van der Waals surface area contributed by atoms with Crippen LogP contribution >= 0.6 is 22.9 Å². The normalized spacial score (nSPS) is 17.8. The van der Waals surface area contributed by atoms with Crippen molar-refractivity contribution in [3.8, 4) is 0 Å². The molecule has 1 aromatic heterocycles. The van der Waals surface area contributed by atoms with Gasteiger partial charge in [0.2, 0.25) is 0 Å². The molecule has 196 valence electrons. The Morgan fingerprint density at radius 3 is 2.58 bits per heavy atom. The summed E-state index contributed by atoms with van der Waals surface area (Å²) in [6.45, 7) is 4.52. The number of anilines is 1. The zero-order chi connectivity index (χ0) is 27.0. The number of esters is 1. The SMILES string of the molecule is CCCN1C(=O)/C(=c2\sc3n(c2=O)[C@H](c2ccccc2Cl)C(C(=O)OCCOC)=C(C)N=3)c2ccccc21. The largest absolute Gasteiger partial charge is 0.460 e. The Morgan fingerprint density at radius 1 is 1.11 bits per heavy atom. The molecule has 0 radical (unpaired) electrons. The highest BCUT2D eigenvalue weighted by molar-refractivity contribution is 7.07. The number of allylic oxidation sites excluding steroid dienone is 1. The summed E-state index contributed by atoms with van der Waals surface area (Å²) >= 11 is 7.74. The lowest BCUT2D eigenvalue weighted by molar-refractivity contribution is -0.140. The number of para-hydroxylation sites is 1. The van der Waals surface area contributed by atoms with Crippen LogP contribution in [0.3, 0.4) is 0 Å². The van der Waals surface area contributed by atoms with Gasteiger partial charge >= 0.3 is 5.97 Å². The standard InChI is InChI=1S/C28H26ClN3O5S/c1-4-13-31-20-12-8-6-10-18(20)22(25(31)33)24-26(34)32-23(17-9-5-7-11-19(17)29)21(16(2)30-28(32)38-24)27(35)37-15-14-36-3/h5-12,23H,4,13-15H2,1-3H3/b24-22-/t23-/m1/s1. The number of fused-ring (bicyclic) bond motifs is 2. The van der Waals surface area contributed by atoms with Crippen molar-refractivity contribution in [3.63, 3.8) is 0 Å². The molecule has 2 aliphatic heterocycles. The number of rotatable bonds is 7. The van der Waals surface area contributed by atoms with E-state index < -0.39 is 17.6 Å². The highest BCUT2D eigenvalue weighted by Crippen LogP contribution is 2.36. The molecule has 38 heavy (non-hydrogen) atoms. The number of carbonyl (C=O) groups is 2. The molecule has 0 saturated carbocycles. The van der Waals surface area contributed by atoms with Gasteiger partial charge in [0.05, 0.1) is 29.1 Å². The van der Waals surface area contributed by atoms with Gasteiger partial charge in [-0.1, -0.05) is 66.3 Å². The molecule has 8 nitrogen and oxygen atoms in total. The van der Waals surface area contributed by atoms with E-state index in [0.29, 0.717) is 38.8 Å². The number of ether oxygens (including phenoxy) is 2. The molecule has 1 atom stereocenters. The highest BCUT2D eigenvalue weighted by atomic mass is 35.5. The predicted molar refractivity (Wildman–Crippen MR) is 146 cm³/mol. The van der Waals surface area contributed by atoms with Crippen LogP contribution in [0, 0.1) is 0 Å². The molecule has 0 saturated heterocycles. The summed E-state index contributed by atoms with van der Waals surface area (Å²) in [5, 5.41) is 0.393. The number of nitrogens with zero attached hydrogens (tertiary/aromatic N) is 3. The molecule has 0 spiro atoms. The smallest absolute Gasteiger partial charge is 0.338 e. The topological polar surface area (TPSA) is 90.2 Å². The maximum Gasteiger partial charge on any atom is 0.338 e. The molecule has 3 aromatic rings. The van der Waals surface area contributed by atoms with Gasteiger partial charge in [0.25, 0.3) is 11.5 Å². The van der Waals surface area contributed by atoms with Gasteiger partial charge in [0, 0.05) is 24.2 Å². The molecule has 1 amide bonds. The number of hydrogen-bond acceptors (Lipinski definition) is 7. The van der Waals surface area contributed by atoms with Crippen molar-refractivity contribution < 1.29 is 19.1 Å². The van der Waals surface area contributed by atoms with E-state index in [1.807, 2.05) is 31.2 Å². The number of aromatic nitrogens is 1. The summed E-state index contributed by atoms with van der Waals surface area (Å²) in [7, 11) is 1.52. The zero-order valence-corrected chi connectivity index (χ0v) is 22.8. The molecular weight excluding hydrogens is 526 g/mol. The summed E-state index contributed by atoms with van der Waals surface area (Å²) < 4.78 is 12.2. The predicted octanol–water partition coefficient (Wildman–Crippen LogP) is 3.21. The minimum atomic E-state index is -0.872. The van der Waals surface area contributed by atoms with E-state index in [1.54, 1.807) is 36.1 Å². The number of hydrogen-bond donors (Lipinski definition) is 0. The summed E-state index contributed by atoms with van der Waals surface area (Å²) in [6.07, 6.45) is 0.773. The van der Waals surface area contributed by atoms with Gasteiger partial charge in [-0.15, -0.1) is 0 Å². The average Bonchev–Trinajstić information content (AvgIpc) is 3.36. The van der Waals surface area contributed by atoms with Crippen LogP contribution in [0.5, 0.6) is 0 Å². The first-order valence-corrected chi connectivity index (χ1v) is 13.4. The van der Waals surface area contributed by atoms with Crippen molar-refractivity contribution in [2.45, 2.75) is 26.3 Å². The Balaban J connectivity index is 1.77. The Hall–Kier alpha value is -3.53. The second kappa shape index (κ2) is 10.7. The summed E-state index contributed by atoms with van der Waals surface area (Å²) in [5.74, 6) is -0.829. The number of methoxy groups -OCH3 is 1. The second-order valence-corrected chi connectivity index (χ2v) is 10.3. The molecule has 0 bridgehead atoms. The molecular formula is C28H26ClN3O5S. The van der Waals surface area contributed by atoms with Crippen LogP contribution in [0.1, 0.15) is 37.4 Å². The van der Waals surface area contributed by atoms with E-state index in [-0.39, 0.29) is 29.2 Å². The third kappa shape index (κ3) is 4.30. The van der Waals surface area contributed by atoms with Crippen LogP contribution in [0.15, 0.2) is 69.6 Å². The number of thiazole rings is 1. The lowest BCUT2D eigenvalue weighted by atomic mass is 9.96. The number of carbonyl (C=O) groups excluding carboxylic acids is 2. The van der Waals surface area contributed by atoms with Crippen molar-refractivity contribution in [2.75, 3.05) is 31.8 Å². The first-order chi connectivity index (χ1) is 18.4. The molecule has 0 unspecified atom stereocenters. The van der Waals surface area contributed by atoms with Crippen molar-refractivity contribution in [2.24, 2.45) is 4.99 Å². The van der Waals surface area contributed by atoms with Crippen LogP contribution in [0.2, 0.25) is 5.02 Å². The van der Waals surface area contributed by atoms with Gasteiger partial charge in [-0.3, -0.25) is 14.2 Å². The first kappa shape index (κ1) is 26.1. The van der Waals surface area contributed by atoms with Crippen LogP contribution in [0.4, 0.5) is 5.69 Å². The summed E-state index contributed by atoms with van der Waals surface area (Å²) in [6, 6.07) is 13.6. The molecule has 5 rings (SSSR count). The van der Waals surface area contributed by atoms with Crippen LogP contribution in [-0.4, -0.2) is 43.3 Å². The highest BCUT2D eigenvalue weighted by Gasteiger charge is 2.37. The molecule has 0 aliphatic carbocycles. The van der Waals surface area contributed by atoms with E-state index in [1.165, 1.54) is 11.7 Å². The van der Waals surface area contributed by atoms with E-state index in [0.717, 1.165) is 23.4 Å². The Bertz CT molecular complexity index is 1650. The lowest BCUT2D eigenvalue weighted by Crippen LogP contribution is -2.41. The summed E-state index contributed by atoms with van der Waals surface area (Å²) in [5.41, 5.74) is 2.61. The van der Waals surface area contributed by atoms with Crippen LogP contribution < -0.4 is 19.8 Å². The van der Waals surface area contributed by atoms with E-state index in [2.05, 4.69) is 4.99 Å². The van der Waals surface area contributed by atoms with Gasteiger partial charge in [0.15, 0.2) is 4.80 Å². The van der Waals surface area contributed by atoms with Crippen molar-refractivity contribution in [3.05, 3.63) is 95.6 Å². The van der Waals surface area contributed by atoms with E-state index in [4.69, 9.17) is 21.1 Å². The Kier molecular flexibility index (Phi) is 7.34. The van der Waals surface area contributed by atoms with Crippen molar-refractivity contribution in [1.82, 2.24) is 4.57 Å². The fourth-order valence-electron chi connectivity index (χ4n) is 4.86. The van der Waals surface area contributed by atoms with Gasteiger partial charge in [-0.2, -0.15) is 0 Å². The molecule has 2 aromatic carbocycles. The maximum atomic E-state index is 14.1. The summed E-state index contributed by atoms with van der Waals surface area (Å²) in [4.78, 5) is 47.7. The lowest BCUT2D eigenvalue weighted by Gasteiger charge is -2.25. The minimum absolute atomic E-state index is 0.0501. The third-order valence-electron chi connectivity index (χ3n) is 6.54. The fourth-order valence-corrected chi connectivity index (χ4v) is 6.24. The molecule has 2 aliphatic rings. The third-order valence-corrected chi connectivity index (χ3v) is 7.93. The number of amides is 1. The van der Waals surface area contributed by atoms with Gasteiger partial charge in [0.1, 0.15) is 17.2 Å². The minimum Gasteiger partial charge on any atom is -0.460 e. The van der Waals surface area contributed by atoms with E-state index >= 15 is 0 Å². The fraction of sp³-hybridized carbons (Fsp3) is 0.286. The van der Waals surface area contributed by atoms with Crippen molar-refractivity contribution in [1.29, 1.82) is 0 Å². The van der Waals surface area contributed by atoms with E-state index in [9.17, 15) is 14.4 Å². The quantitative estimate of drug-likeness (QED) is 0.332. The monoisotopic (exact) mass is 551 g/mol. The molecule has 10 heteroatoms. The number of halogens is 1. The van der Waals surface area contributed by atoms with Gasteiger partial charge in [-0.05, 0) is 31.0 Å². The van der Waals surface area contributed by atoms with Crippen molar-refractivity contribution >= 4 is 46.1 Å². The number of benzene rings is 2. The second-order valence-electron chi connectivity index (χ2n) is 8.90. The molecule has 0 N–H and O–H groups in total. The van der Waals surface area contributed by atoms with Crippen LogP contribution in [0.25, 0.3) is 5.57 Å². The molecule has 3 heterocycles. The Labute approximate surface area is 228 Å².